The summed E-state index contributed by atoms with van der Waals surface area (Å²) in [6, 6.07) is 26.3. The molecule has 0 bridgehead atoms. The third kappa shape index (κ3) is 7.48. The summed E-state index contributed by atoms with van der Waals surface area (Å²) in [4.78, 5) is 27.6. The Labute approximate surface area is 297 Å². The van der Waals surface area contributed by atoms with E-state index in [2.05, 4.69) is 71.7 Å². The van der Waals surface area contributed by atoms with Crippen molar-refractivity contribution in [3.63, 3.8) is 0 Å². The molecule has 6 rings (SSSR count). The van der Waals surface area contributed by atoms with Crippen LogP contribution in [0.5, 0.6) is 11.6 Å². The number of aromatic nitrogens is 4. The van der Waals surface area contributed by atoms with Crippen LogP contribution in [0.4, 0.5) is 0 Å². The SMILES string of the molecule is CCC(CC)(Cc1c(SC(C)(C)C)c2cc(OCc3cnc4ccccc4n3)ccc2n1Cc1ccc(-c2ccc(OC)nc2)cc1)C(=O)O. The molecule has 50 heavy (non-hydrogen) atoms. The molecule has 0 radical (unpaired) electrons. The number of thioether (sulfide) groups is 1. The van der Waals surface area contributed by atoms with Gasteiger partial charge in [0, 0.05) is 57.0 Å². The van der Waals surface area contributed by atoms with Crippen LogP contribution in [0.25, 0.3) is 33.1 Å². The predicted molar refractivity (Wildman–Crippen MR) is 201 cm³/mol. The number of benzene rings is 3. The Kier molecular flexibility index (Phi) is 10.2. The lowest BCUT2D eigenvalue weighted by Crippen LogP contribution is -2.33. The van der Waals surface area contributed by atoms with Crippen LogP contribution >= 0.6 is 11.8 Å². The summed E-state index contributed by atoms with van der Waals surface area (Å²) in [7, 11) is 1.61. The third-order valence-electron chi connectivity index (χ3n) is 9.27. The number of rotatable bonds is 13. The third-order valence-corrected chi connectivity index (χ3v) is 10.5. The van der Waals surface area contributed by atoms with E-state index in [1.165, 1.54) is 0 Å². The van der Waals surface area contributed by atoms with Crippen LogP contribution in [-0.2, 0) is 24.4 Å². The minimum atomic E-state index is -0.890. The Bertz CT molecular complexity index is 2110. The van der Waals surface area contributed by atoms with Crippen molar-refractivity contribution in [2.24, 2.45) is 5.41 Å². The van der Waals surface area contributed by atoms with Gasteiger partial charge in [-0.3, -0.25) is 9.78 Å². The van der Waals surface area contributed by atoms with E-state index in [1.54, 1.807) is 25.1 Å². The summed E-state index contributed by atoms with van der Waals surface area (Å²) in [5, 5.41) is 11.6. The van der Waals surface area contributed by atoms with Crippen molar-refractivity contribution >= 4 is 39.7 Å². The van der Waals surface area contributed by atoms with Crippen molar-refractivity contribution in [2.75, 3.05) is 7.11 Å². The van der Waals surface area contributed by atoms with Crippen LogP contribution in [0.1, 0.15) is 64.4 Å². The molecule has 9 heteroatoms. The molecule has 0 unspecified atom stereocenters. The molecule has 0 saturated heterocycles. The Balaban J connectivity index is 1.41. The Morgan fingerprint density at radius 1 is 0.880 bits per heavy atom. The fourth-order valence-corrected chi connectivity index (χ4v) is 7.49. The highest BCUT2D eigenvalue weighted by Gasteiger charge is 2.38. The number of carboxylic acids is 1. The number of aliphatic carboxylic acids is 1. The lowest BCUT2D eigenvalue weighted by atomic mass is 9.78. The van der Waals surface area contributed by atoms with Gasteiger partial charge in [0.25, 0.3) is 0 Å². The van der Waals surface area contributed by atoms with Gasteiger partial charge in [-0.1, -0.05) is 71.0 Å². The van der Waals surface area contributed by atoms with Crippen molar-refractivity contribution < 1.29 is 19.4 Å². The molecule has 0 aliphatic rings. The molecule has 0 aliphatic carbocycles. The molecular weight excluding hydrogens is 645 g/mol. The first-order chi connectivity index (χ1) is 24.0. The second-order valence-electron chi connectivity index (χ2n) is 13.6. The number of hydrogen-bond acceptors (Lipinski definition) is 7. The highest BCUT2D eigenvalue weighted by Crippen LogP contribution is 2.45. The predicted octanol–water partition coefficient (Wildman–Crippen LogP) is 9.61. The monoisotopic (exact) mass is 688 g/mol. The molecule has 0 atom stereocenters. The van der Waals surface area contributed by atoms with Crippen molar-refractivity contribution in [1.29, 1.82) is 0 Å². The van der Waals surface area contributed by atoms with Crippen LogP contribution in [0, 0.1) is 5.41 Å². The smallest absolute Gasteiger partial charge is 0.310 e. The van der Waals surface area contributed by atoms with Gasteiger partial charge in [0.2, 0.25) is 5.88 Å². The van der Waals surface area contributed by atoms with Crippen LogP contribution in [0.15, 0.2) is 96.2 Å². The summed E-state index contributed by atoms with van der Waals surface area (Å²) in [6.45, 7) is 11.4. The summed E-state index contributed by atoms with van der Waals surface area (Å²) >= 11 is 1.78. The molecule has 3 aromatic carbocycles. The van der Waals surface area contributed by atoms with Crippen LogP contribution in [0.2, 0.25) is 0 Å². The molecule has 1 N–H and O–H groups in total. The average molecular weight is 689 g/mol. The largest absolute Gasteiger partial charge is 0.487 e. The molecule has 258 valence electrons. The van der Waals surface area contributed by atoms with Crippen molar-refractivity contribution in [1.82, 2.24) is 19.5 Å². The maximum atomic E-state index is 12.9. The van der Waals surface area contributed by atoms with Crippen LogP contribution in [-0.4, -0.2) is 42.5 Å². The number of methoxy groups -OCH3 is 1. The van der Waals surface area contributed by atoms with Gasteiger partial charge < -0.3 is 19.1 Å². The zero-order valence-corrected chi connectivity index (χ0v) is 30.4. The maximum absolute atomic E-state index is 12.9. The van der Waals surface area contributed by atoms with E-state index in [0.717, 1.165) is 60.7 Å². The first kappa shape index (κ1) is 35.0. The zero-order chi connectivity index (χ0) is 35.5. The van der Waals surface area contributed by atoms with E-state index in [9.17, 15) is 9.90 Å². The molecular formula is C41H44N4O4S. The number of nitrogens with zero attached hydrogens (tertiary/aromatic N) is 4. The number of carboxylic acid groups (broad SMARTS) is 1. The molecule has 0 aliphatic heterocycles. The quantitative estimate of drug-likeness (QED) is 0.120. The number of ether oxygens (including phenoxy) is 2. The molecule has 8 nitrogen and oxygen atoms in total. The van der Waals surface area contributed by atoms with Crippen molar-refractivity contribution in [3.8, 4) is 22.8 Å². The Hall–Kier alpha value is -4.89. The number of para-hydroxylation sites is 2. The zero-order valence-electron chi connectivity index (χ0n) is 29.6. The van der Waals surface area contributed by atoms with Gasteiger partial charge in [0.05, 0.1) is 35.4 Å². The van der Waals surface area contributed by atoms with E-state index in [-0.39, 0.29) is 11.4 Å². The molecule has 3 aromatic heterocycles. The van der Waals surface area contributed by atoms with Crippen LogP contribution < -0.4 is 9.47 Å². The first-order valence-electron chi connectivity index (χ1n) is 17.0. The second-order valence-corrected chi connectivity index (χ2v) is 15.5. The minimum Gasteiger partial charge on any atom is -0.487 e. The number of hydrogen-bond donors (Lipinski definition) is 1. The highest BCUT2D eigenvalue weighted by atomic mass is 32.2. The maximum Gasteiger partial charge on any atom is 0.310 e. The summed E-state index contributed by atoms with van der Waals surface area (Å²) in [5.74, 6) is 0.540. The topological polar surface area (TPSA) is 99.4 Å². The van der Waals surface area contributed by atoms with Crippen molar-refractivity contribution in [3.05, 3.63) is 108 Å². The van der Waals surface area contributed by atoms with Gasteiger partial charge in [-0.05, 0) is 60.4 Å². The standard InChI is InChI=1S/C41H44N4O4S/c1-7-41(8-2,39(46)47)22-36-38(50-40(3,4)5)32-21-31(49-26-30-24-42-33-11-9-10-12-34(33)44-30)18-19-35(32)45(36)25-27-13-15-28(16-14-27)29-17-20-37(48-6)43-23-29/h9-21,23-24H,7-8,22,25-26H2,1-6H3,(H,46,47). The molecule has 0 fully saturated rings. The lowest BCUT2D eigenvalue weighted by molar-refractivity contribution is -0.149. The van der Waals surface area contributed by atoms with Gasteiger partial charge >= 0.3 is 5.97 Å². The van der Waals surface area contributed by atoms with Gasteiger partial charge in [-0.2, -0.15) is 0 Å². The van der Waals surface area contributed by atoms with Gasteiger partial charge in [-0.25, -0.2) is 9.97 Å². The lowest BCUT2D eigenvalue weighted by Gasteiger charge is -2.29. The van der Waals surface area contributed by atoms with Crippen LogP contribution in [0.3, 0.4) is 0 Å². The van der Waals surface area contributed by atoms with Crippen molar-refractivity contribution in [2.45, 2.75) is 76.7 Å². The average Bonchev–Trinajstić information content (AvgIpc) is 3.38. The molecule has 3 heterocycles. The Morgan fingerprint density at radius 3 is 2.24 bits per heavy atom. The molecule has 0 spiro atoms. The fraction of sp³-hybridized carbons (Fsp3) is 0.317. The van der Waals surface area contributed by atoms with E-state index in [1.807, 2.05) is 62.5 Å². The normalized spacial score (nSPS) is 12.0. The van der Waals surface area contributed by atoms with E-state index >= 15 is 0 Å². The number of pyridine rings is 1. The second kappa shape index (κ2) is 14.5. The van der Waals surface area contributed by atoms with Gasteiger partial charge in [-0.15, -0.1) is 11.8 Å². The summed E-state index contributed by atoms with van der Waals surface area (Å²) in [6.07, 6.45) is 5.06. The molecule has 0 amide bonds. The number of fused-ring (bicyclic) bond motifs is 2. The highest BCUT2D eigenvalue weighted by molar-refractivity contribution is 8.00. The summed E-state index contributed by atoms with van der Waals surface area (Å²) < 4.78 is 13.7. The first-order valence-corrected chi connectivity index (χ1v) is 17.8. The molecule has 0 saturated carbocycles. The van der Waals surface area contributed by atoms with E-state index in [0.29, 0.717) is 31.7 Å². The summed E-state index contributed by atoms with van der Waals surface area (Å²) in [5.41, 5.74) is 6.79. The van der Waals surface area contributed by atoms with E-state index < -0.39 is 11.4 Å². The minimum absolute atomic E-state index is 0.121. The van der Waals surface area contributed by atoms with Gasteiger partial charge in [0.15, 0.2) is 0 Å². The van der Waals surface area contributed by atoms with Gasteiger partial charge in [0.1, 0.15) is 12.4 Å². The van der Waals surface area contributed by atoms with E-state index in [4.69, 9.17) is 14.5 Å². The fourth-order valence-electron chi connectivity index (χ4n) is 6.30. The Morgan fingerprint density at radius 2 is 1.60 bits per heavy atom. The molecule has 6 aromatic rings. The number of carbonyl (C=O) groups is 1.